The average Bonchev–Trinajstić information content (AvgIpc) is 3.55. The summed E-state index contributed by atoms with van der Waals surface area (Å²) in [7, 11) is 0. The molecule has 0 radical (unpaired) electrons. The molecular weight excluding hydrogens is 468 g/mol. The van der Waals surface area contributed by atoms with E-state index in [1.165, 1.54) is 22.3 Å². The average molecular weight is 511 g/mol. The standard InChI is InChI=1S/C35H42OS/c1-30(2,3)26-21-23(22-27(28(26)36)31(4,5)6)29-32(7,8)35(33(29,9)10)34(37-35,24-17-13-11-14-18-24)25-19-15-12-16-20-25/h11-22H,1-10H3. The smallest absolute Gasteiger partial charge is 0.186 e. The highest BCUT2D eigenvalue weighted by Gasteiger charge is 2.88. The Hall–Kier alpha value is -2.32. The van der Waals surface area contributed by atoms with E-state index < -0.39 is 0 Å². The topological polar surface area (TPSA) is 17.1 Å². The Kier molecular flexibility index (Phi) is 5.58. The van der Waals surface area contributed by atoms with Gasteiger partial charge in [0.1, 0.15) is 0 Å². The van der Waals surface area contributed by atoms with E-state index in [1.54, 1.807) is 0 Å². The zero-order valence-electron chi connectivity index (χ0n) is 24.2. The molecule has 0 atom stereocenters. The van der Waals surface area contributed by atoms with Crippen molar-refractivity contribution in [3.8, 4) is 0 Å². The molecule has 0 bridgehead atoms. The van der Waals surface area contributed by atoms with Gasteiger partial charge in [0, 0.05) is 22.0 Å². The van der Waals surface area contributed by atoms with E-state index in [-0.39, 0.29) is 36.9 Å². The Labute approximate surface area is 228 Å². The van der Waals surface area contributed by atoms with Crippen molar-refractivity contribution in [1.82, 2.24) is 0 Å². The summed E-state index contributed by atoms with van der Waals surface area (Å²) >= 11 is 2.13. The maximum Gasteiger partial charge on any atom is 0.186 e. The Morgan fingerprint density at radius 3 is 1.35 bits per heavy atom. The lowest BCUT2D eigenvalue weighted by Crippen LogP contribution is -2.64. The number of ketones is 1. The van der Waals surface area contributed by atoms with Crippen molar-refractivity contribution in [3.05, 3.63) is 106 Å². The predicted octanol–water partition coefficient (Wildman–Crippen LogP) is 9.31. The molecule has 0 amide bonds. The van der Waals surface area contributed by atoms with Gasteiger partial charge in [0.15, 0.2) is 5.78 Å². The number of rotatable bonds is 2. The van der Waals surface area contributed by atoms with Crippen molar-refractivity contribution in [2.45, 2.75) is 78.7 Å². The fraction of sp³-hybridized carbons (Fsp3) is 0.457. The van der Waals surface area contributed by atoms with Gasteiger partial charge in [-0.1, -0.05) is 130 Å². The van der Waals surface area contributed by atoms with Crippen LogP contribution < -0.4 is 0 Å². The van der Waals surface area contributed by atoms with Gasteiger partial charge in [0.25, 0.3) is 0 Å². The van der Waals surface area contributed by atoms with Gasteiger partial charge < -0.3 is 0 Å². The van der Waals surface area contributed by atoms with Crippen molar-refractivity contribution in [1.29, 1.82) is 0 Å². The normalized spacial score (nSPS) is 23.4. The van der Waals surface area contributed by atoms with Gasteiger partial charge >= 0.3 is 0 Å². The molecule has 1 heterocycles. The predicted molar refractivity (Wildman–Crippen MR) is 159 cm³/mol. The van der Waals surface area contributed by atoms with Crippen LogP contribution >= 0.6 is 11.8 Å². The number of hydrogen-bond acceptors (Lipinski definition) is 2. The minimum Gasteiger partial charge on any atom is -0.289 e. The second-order valence-electron chi connectivity index (χ2n) is 14.2. The molecule has 1 nitrogen and oxygen atoms in total. The van der Waals surface area contributed by atoms with Gasteiger partial charge in [-0.2, -0.15) is 0 Å². The number of allylic oxidation sites excluding steroid dienone is 6. The van der Waals surface area contributed by atoms with E-state index in [0.29, 0.717) is 0 Å². The van der Waals surface area contributed by atoms with E-state index in [4.69, 9.17) is 0 Å². The molecule has 2 aromatic carbocycles. The Morgan fingerprint density at radius 2 is 1.00 bits per heavy atom. The lowest BCUT2D eigenvalue weighted by atomic mass is 9.39. The molecule has 194 valence electrons. The summed E-state index contributed by atoms with van der Waals surface area (Å²) in [5.74, 6) is 0.206. The first-order chi connectivity index (χ1) is 17.0. The first-order valence-electron chi connectivity index (χ1n) is 13.6. The third-order valence-electron chi connectivity index (χ3n) is 9.12. The van der Waals surface area contributed by atoms with Crippen LogP contribution in [0.15, 0.2) is 95.1 Å². The summed E-state index contributed by atoms with van der Waals surface area (Å²) in [5, 5.41) is 0. The van der Waals surface area contributed by atoms with Crippen molar-refractivity contribution in [3.63, 3.8) is 0 Å². The summed E-state index contributed by atoms with van der Waals surface area (Å²) in [6.45, 7) is 22.7. The molecule has 3 aliphatic rings. The first-order valence-corrected chi connectivity index (χ1v) is 14.4. The number of hydrogen-bond donors (Lipinski definition) is 0. The fourth-order valence-electron chi connectivity index (χ4n) is 7.84. The van der Waals surface area contributed by atoms with E-state index in [9.17, 15) is 4.79 Å². The SMILES string of the molecule is CC(C)(C)C1=CC(=C2C(C)(C)C3(SC3(c3ccccc3)c3ccccc3)C2(C)C)C=C(C(C)(C)C)C1=O. The Bertz CT molecular complexity index is 1260. The number of Topliss-reactive ketones (excluding diaryl/α,β-unsaturated/α-hetero) is 1. The van der Waals surface area contributed by atoms with Gasteiger partial charge in [-0.25, -0.2) is 0 Å². The molecule has 37 heavy (non-hydrogen) atoms. The third kappa shape index (κ3) is 3.33. The van der Waals surface area contributed by atoms with Crippen molar-refractivity contribution in [2.24, 2.45) is 21.7 Å². The summed E-state index contributed by atoms with van der Waals surface area (Å²) in [6, 6.07) is 22.2. The van der Waals surface area contributed by atoms with Gasteiger partial charge in [0.2, 0.25) is 0 Å². The molecule has 1 spiro atoms. The van der Waals surface area contributed by atoms with Crippen molar-refractivity contribution in [2.75, 3.05) is 0 Å². The molecule has 5 rings (SSSR count). The molecule has 0 unspecified atom stereocenters. The molecule has 1 saturated heterocycles. The van der Waals surface area contributed by atoms with Crippen LogP contribution in [0.1, 0.15) is 80.4 Å². The number of carbonyl (C=O) groups excluding carboxylic acids is 1. The maximum absolute atomic E-state index is 13.7. The van der Waals surface area contributed by atoms with Gasteiger partial charge in [0.05, 0.1) is 9.49 Å². The highest BCUT2D eigenvalue weighted by atomic mass is 32.2. The van der Waals surface area contributed by atoms with Gasteiger partial charge in [-0.15, -0.1) is 11.8 Å². The second-order valence-corrected chi connectivity index (χ2v) is 15.7. The molecule has 2 aromatic rings. The van der Waals surface area contributed by atoms with E-state index in [0.717, 1.165) is 11.1 Å². The molecule has 0 N–H and O–H groups in total. The van der Waals surface area contributed by atoms with Crippen LogP contribution in [0.2, 0.25) is 0 Å². The summed E-state index contributed by atoms with van der Waals surface area (Å²) in [6.07, 6.45) is 4.45. The molecular formula is C35H42OS. The quantitative estimate of drug-likeness (QED) is 0.374. The van der Waals surface area contributed by atoms with E-state index in [2.05, 4.69) is 154 Å². The summed E-state index contributed by atoms with van der Waals surface area (Å²) < 4.78 is -0.102. The van der Waals surface area contributed by atoms with Gasteiger partial charge in [-0.3, -0.25) is 4.79 Å². The molecule has 2 heteroatoms. The van der Waals surface area contributed by atoms with Crippen LogP contribution in [0.5, 0.6) is 0 Å². The lowest BCUT2D eigenvalue weighted by molar-refractivity contribution is -0.114. The second kappa shape index (κ2) is 7.85. The molecule has 1 saturated carbocycles. The van der Waals surface area contributed by atoms with Crippen LogP contribution in [0.25, 0.3) is 0 Å². The fourth-order valence-corrected chi connectivity index (χ4v) is 10.2. The minimum absolute atomic E-state index is 0.00493. The van der Waals surface area contributed by atoms with Crippen LogP contribution in [0.3, 0.4) is 0 Å². The molecule has 0 aromatic heterocycles. The zero-order valence-corrected chi connectivity index (χ0v) is 25.1. The van der Waals surface area contributed by atoms with Crippen LogP contribution in [-0.2, 0) is 9.54 Å². The molecule has 2 fully saturated rings. The van der Waals surface area contributed by atoms with Crippen molar-refractivity contribution >= 4 is 17.5 Å². The molecule has 2 aliphatic carbocycles. The number of benzene rings is 2. The van der Waals surface area contributed by atoms with Crippen molar-refractivity contribution < 1.29 is 4.79 Å². The van der Waals surface area contributed by atoms with Crippen LogP contribution in [0.4, 0.5) is 0 Å². The zero-order chi connectivity index (χ0) is 27.2. The maximum atomic E-state index is 13.7. The van der Waals surface area contributed by atoms with E-state index in [1.807, 2.05) is 0 Å². The van der Waals surface area contributed by atoms with Crippen LogP contribution in [-0.4, -0.2) is 10.5 Å². The number of thioether (sulfide) groups is 1. The summed E-state index contributed by atoms with van der Waals surface area (Å²) in [5.41, 5.74) is 6.77. The first kappa shape index (κ1) is 26.3. The minimum atomic E-state index is -0.213. The van der Waals surface area contributed by atoms with Gasteiger partial charge in [-0.05, 0) is 45.3 Å². The lowest BCUT2D eigenvalue weighted by Gasteiger charge is -2.63. The third-order valence-corrected chi connectivity index (χ3v) is 11.6. The highest BCUT2D eigenvalue weighted by molar-refractivity contribution is 8.09. The molecule has 1 aliphatic heterocycles. The highest BCUT2D eigenvalue weighted by Crippen LogP contribution is 2.92. The Balaban J connectivity index is 1.76. The number of carbonyl (C=O) groups is 1. The largest absolute Gasteiger partial charge is 0.289 e. The monoisotopic (exact) mass is 510 g/mol. The summed E-state index contributed by atoms with van der Waals surface area (Å²) in [4.78, 5) is 13.7. The Morgan fingerprint density at radius 1 is 0.622 bits per heavy atom. The van der Waals surface area contributed by atoms with Crippen LogP contribution in [0, 0.1) is 21.7 Å². The van der Waals surface area contributed by atoms with E-state index >= 15 is 0 Å².